The number of hydrogen-bond donors (Lipinski definition) is 1. The Morgan fingerprint density at radius 2 is 2.31 bits per heavy atom. The van der Waals surface area contributed by atoms with Gasteiger partial charge in [0.05, 0.1) is 0 Å². The van der Waals surface area contributed by atoms with Crippen molar-refractivity contribution in [2.45, 2.75) is 6.92 Å². The second-order valence-corrected chi connectivity index (χ2v) is 2.80. The predicted molar refractivity (Wildman–Crippen MR) is 45.7 cm³/mol. The summed E-state index contributed by atoms with van der Waals surface area (Å²) in [5.41, 5.74) is 2.10. The van der Waals surface area contributed by atoms with E-state index in [2.05, 4.69) is 4.98 Å². The number of benzene rings is 1. The van der Waals surface area contributed by atoms with Gasteiger partial charge in [0.15, 0.2) is 5.58 Å². The Morgan fingerprint density at radius 1 is 1.54 bits per heavy atom. The number of hydrogen-bond acceptors (Lipinski definition) is 3. The zero-order valence-electron chi connectivity index (χ0n) is 6.94. The van der Waals surface area contributed by atoms with Crippen LogP contribution in [0.25, 0.3) is 11.1 Å². The quantitative estimate of drug-likeness (QED) is 0.721. The monoisotopic (exact) mass is 177 g/mol. The fraction of sp³-hybridized carbons (Fsp3) is 0.111. The van der Waals surface area contributed by atoms with Crippen LogP contribution in [0.5, 0.6) is 0 Å². The van der Waals surface area contributed by atoms with E-state index in [1.807, 2.05) is 13.0 Å². The van der Waals surface area contributed by atoms with Gasteiger partial charge in [-0.2, -0.15) is 0 Å². The highest BCUT2D eigenvalue weighted by atomic mass is 16.4. The van der Waals surface area contributed by atoms with Gasteiger partial charge in [-0.1, -0.05) is 6.07 Å². The van der Waals surface area contributed by atoms with E-state index in [9.17, 15) is 4.79 Å². The van der Waals surface area contributed by atoms with Crippen LogP contribution in [0.15, 0.2) is 22.6 Å². The van der Waals surface area contributed by atoms with E-state index in [-0.39, 0.29) is 5.89 Å². The Morgan fingerprint density at radius 3 is 3.00 bits per heavy atom. The molecule has 1 aromatic carbocycles. The molecule has 0 unspecified atom stereocenters. The summed E-state index contributed by atoms with van der Waals surface area (Å²) in [6.07, 6.45) is 0. The van der Waals surface area contributed by atoms with Gasteiger partial charge in [0.2, 0.25) is 0 Å². The van der Waals surface area contributed by atoms with Crippen molar-refractivity contribution in [3.05, 3.63) is 29.7 Å². The minimum atomic E-state index is -1.14. The summed E-state index contributed by atoms with van der Waals surface area (Å²) >= 11 is 0. The van der Waals surface area contributed by atoms with Crippen LogP contribution in [0.4, 0.5) is 0 Å². The van der Waals surface area contributed by atoms with E-state index in [0.29, 0.717) is 11.1 Å². The molecule has 13 heavy (non-hydrogen) atoms. The van der Waals surface area contributed by atoms with Crippen molar-refractivity contribution in [2.24, 2.45) is 0 Å². The molecule has 4 nitrogen and oxygen atoms in total. The molecule has 0 amide bonds. The lowest BCUT2D eigenvalue weighted by molar-refractivity contribution is 0.0656. The molecule has 0 aliphatic carbocycles. The molecule has 0 saturated heterocycles. The Kier molecular flexibility index (Phi) is 1.55. The van der Waals surface area contributed by atoms with Gasteiger partial charge < -0.3 is 9.52 Å². The number of carbonyl (C=O) groups is 1. The second kappa shape index (κ2) is 2.58. The molecule has 0 fully saturated rings. The van der Waals surface area contributed by atoms with Crippen molar-refractivity contribution in [3.8, 4) is 0 Å². The maximum Gasteiger partial charge on any atom is 0.392 e. The molecular formula is C9H7NO3. The summed E-state index contributed by atoms with van der Waals surface area (Å²) < 4.78 is 5.00. The minimum absolute atomic E-state index is 0.263. The molecule has 0 radical (unpaired) electrons. The molecule has 0 bridgehead atoms. The molecule has 1 aromatic heterocycles. The van der Waals surface area contributed by atoms with Crippen LogP contribution in [0, 0.1) is 6.92 Å². The van der Waals surface area contributed by atoms with Crippen molar-refractivity contribution in [1.29, 1.82) is 0 Å². The number of carboxylic acids is 1. The third-order valence-electron chi connectivity index (χ3n) is 1.73. The molecule has 4 heteroatoms. The molecule has 0 atom stereocenters. The van der Waals surface area contributed by atoms with Gasteiger partial charge in [0.25, 0.3) is 0 Å². The second-order valence-electron chi connectivity index (χ2n) is 2.80. The summed E-state index contributed by atoms with van der Waals surface area (Å²) in [6, 6.07) is 5.35. The van der Waals surface area contributed by atoms with Gasteiger partial charge >= 0.3 is 11.9 Å². The number of aromatic carboxylic acids is 1. The van der Waals surface area contributed by atoms with Gasteiger partial charge in [0.1, 0.15) is 5.52 Å². The Bertz CT molecular complexity index is 473. The molecule has 0 spiro atoms. The third kappa shape index (κ3) is 1.26. The van der Waals surface area contributed by atoms with Crippen molar-refractivity contribution >= 4 is 17.1 Å². The van der Waals surface area contributed by atoms with Crippen LogP contribution in [0.2, 0.25) is 0 Å². The minimum Gasteiger partial charge on any atom is -0.474 e. The molecule has 0 aliphatic rings. The van der Waals surface area contributed by atoms with E-state index < -0.39 is 5.97 Å². The molecular weight excluding hydrogens is 170 g/mol. The number of oxazole rings is 1. The van der Waals surface area contributed by atoms with Crippen LogP contribution in [-0.2, 0) is 0 Å². The topological polar surface area (TPSA) is 63.3 Å². The van der Waals surface area contributed by atoms with Crippen molar-refractivity contribution < 1.29 is 14.3 Å². The highest BCUT2D eigenvalue weighted by molar-refractivity contribution is 5.86. The van der Waals surface area contributed by atoms with E-state index in [0.717, 1.165) is 5.56 Å². The smallest absolute Gasteiger partial charge is 0.392 e. The van der Waals surface area contributed by atoms with Crippen molar-refractivity contribution in [3.63, 3.8) is 0 Å². The lowest BCUT2D eigenvalue weighted by Gasteiger charge is -1.87. The fourth-order valence-corrected chi connectivity index (χ4v) is 1.12. The molecule has 1 N–H and O–H groups in total. The van der Waals surface area contributed by atoms with E-state index in [1.165, 1.54) is 0 Å². The molecule has 2 rings (SSSR count). The first-order chi connectivity index (χ1) is 6.16. The van der Waals surface area contributed by atoms with Gasteiger partial charge in [-0.25, -0.2) is 9.78 Å². The summed E-state index contributed by atoms with van der Waals surface area (Å²) in [5.74, 6) is -1.41. The van der Waals surface area contributed by atoms with E-state index >= 15 is 0 Å². The number of fused-ring (bicyclic) bond motifs is 1. The number of aromatic nitrogens is 1. The lowest BCUT2D eigenvalue weighted by atomic mass is 10.2. The van der Waals surface area contributed by atoms with Crippen LogP contribution in [-0.4, -0.2) is 16.1 Å². The first kappa shape index (κ1) is 7.79. The maximum atomic E-state index is 10.5. The fourth-order valence-electron chi connectivity index (χ4n) is 1.12. The lowest BCUT2D eigenvalue weighted by Crippen LogP contribution is -1.94. The summed E-state index contributed by atoms with van der Waals surface area (Å²) in [5, 5.41) is 8.60. The van der Waals surface area contributed by atoms with Gasteiger partial charge in [0, 0.05) is 0 Å². The van der Waals surface area contributed by atoms with Crippen molar-refractivity contribution in [1.82, 2.24) is 4.98 Å². The van der Waals surface area contributed by atoms with E-state index in [1.54, 1.807) is 12.1 Å². The zero-order valence-corrected chi connectivity index (χ0v) is 6.94. The van der Waals surface area contributed by atoms with Crippen LogP contribution in [0.3, 0.4) is 0 Å². The average molecular weight is 177 g/mol. The highest BCUT2D eigenvalue weighted by Crippen LogP contribution is 2.16. The van der Waals surface area contributed by atoms with Gasteiger partial charge in [-0.3, -0.25) is 0 Å². The summed E-state index contributed by atoms with van der Waals surface area (Å²) in [4.78, 5) is 14.3. The molecule has 0 saturated carbocycles. The Hall–Kier alpha value is -1.84. The summed E-state index contributed by atoms with van der Waals surface area (Å²) in [6.45, 7) is 1.91. The standard InChI is InChI=1S/C9H7NO3/c1-5-2-3-6-7(4-5)13-8(10-6)9(11)12/h2-4H,1H3,(H,11,12). The normalized spacial score (nSPS) is 10.5. The van der Waals surface area contributed by atoms with Crippen LogP contribution in [0.1, 0.15) is 16.2 Å². The molecule has 1 heterocycles. The first-order valence-electron chi connectivity index (χ1n) is 3.77. The summed E-state index contributed by atoms with van der Waals surface area (Å²) in [7, 11) is 0. The maximum absolute atomic E-state index is 10.5. The molecule has 0 aliphatic heterocycles. The molecule has 2 aromatic rings. The van der Waals surface area contributed by atoms with Crippen molar-refractivity contribution in [2.75, 3.05) is 0 Å². The zero-order chi connectivity index (χ0) is 9.42. The number of carboxylic acid groups (broad SMARTS) is 1. The van der Waals surface area contributed by atoms with Crippen LogP contribution >= 0.6 is 0 Å². The van der Waals surface area contributed by atoms with Crippen LogP contribution < -0.4 is 0 Å². The van der Waals surface area contributed by atoms with E-state index in [4.69, 9.17) is 9.52 Å². The SMILES string of the molecule is Cc1ccc2nc(C(=O)O)oc2c1. The average Bonchev–Trinajstić information content (AvgIpc) is 2.46. The number of aryl methyl sites for hydroxylation is 1. The van der Waals surface area contributed by atoms with Gasteiger partial charge in [-0.05, 0) is 24.6 Å². The number of nitrogens with zero attached hydrogens (tertiary/aromatic N) is 1. The largest absolute Gasteiger partial charge is 0.474 e. The Labute approximate surface area is 73.8 Å². The predicted octanol–water partition coefficient (Wildman–Crippen LogP) is 1.83. The third-order valence-corrected chi connectivity index (χ3v) is 1.73. The highest BCUT2D eigenvalue weighted by Gasteiger charge is 2.11. The first-order valence-corrected chi connectivity index (χ1v) is 3.77. The molecule has 66 valence electrons. The van der Waals surface area contributed by atoms with Gasteiger partial charge in [-0.15, -0.1) is 0 Å². The number of rotatable bonds is 1. The Balaban J connectivity index is 2.68.